The van der Waals surface area contributed by atoms with Crippen LogP contribution in [0.25, 0.3) is 22.0 Å². The third-order valence-corrected chi connectivity index (χ3v) is 4.20. The molecular weight excluding hydrogens is 304 g/mol. The molecule has 1 amide bonds. The molecule has 2 aromatic carbocycles. The first-order valence-electron chi connectivity index (χ1n) is 7.79. The van der Waals surface area contributed by atoms with Crippen molar-refractivity contribution in [2.45, 2.75) is 6.10 Å². The third kappa shape index (κ3) is 2.76. The van der Waals surface area contributed by atoms with Gasteiger partial charge in [0, 0.05) is 17.1 Å². The Balaban J connectivity index is 1.48. The van der Waals surface area contributed by atoms with Crippen molar-refractivity contribution in [1.29, 1.82) is 0 Å². The maximum Gasteiger partial charge on any atom is 0.407 e. The molecule has 1 saturated heterocycles. The van der Waals surface area contributed by atoms with Crippen molar-refractivity contribution in [3.63, 3.8) is 0 Å². The van der Waals surface area contributed by atoms with Gasteiger partial charge >= 0.3 is 6.09 Å². The van der Waals surface area contributed by atoms with Crippen molar-refractivity contribution >= 4 is 17.0 Å². The molecule has 2 heterocycles. The maximum absolute atomic E-state index is 10.7. The summed E-state index contributed by atoms with van der Waals surface area (Å²) in [5.41, 5.74) is 3.11. The molecule has 1 aromatic heterocycles. The second-order valence-electron chi connectivity index (χ2n) is 5.87. The highest BCUT2D eigenvalue weighted by Crippen LogP contribution is 2.26. The number of ether oxygens (including phenoxy) is 1. The number of carboxylic acid groups (broad SMARTS) is 1. The normalized spacial score (nSPS) is 14.4. The molecule has 0 unspecified atom stereocenters. The number of nitrogens with zero attached hydrogens (tertiary/aromatic N) is 2. The molecule has 0 atom stereocenters. The van der Waals surface area contributed by atoms with Crippen LogP contribution in [0.4, 0.5) is 4.79 Å². The van der Waals surface area contributed by atoms with Gasteiger partial charge in [-0.05, 0) is 29.8 Å². The molecule has 4 rings (SSSR count). The van der Waals surface area contributed by atoms with Gasteiger partial charge in [-0.25, -0.2) is 4.79 Å². The molecule has 0 aliphatic carbocycles. The van der Waals surface area contributed by atoms with Gasteiger partial charge in [0.2, 0.25) is 0 Å². The molecular formula is C19H16N2O3. The number of pyridine rings is 1. The lowest BCUT2D eigenvalue weighted by Crippen LogP contribution is -2.55. The van der Waals surface area contributed by atoms with Crippen LogP contribution in [-0.4, -0.2) is 40.3 Å². The van der Waals surface area contributed by atoms with Gasteiger partial charge < -0.3 is 14.7 Å². The molecule has 0 bridgehead atoms. The van der Waals surface area contributed by atoms with E-state index in [-0.39, 0.29) is 6.10 Å². The number of likely N-dealkylation sites (tertiary alicyclic amines) is 1. The van der Waals surface area contributed by atoms with Crippen molar-refractivity contribution in [2.75, 3.05) is 13.1 Å². The van der Waals surface area contributed by atoms with E-state index in [1.807, 2.05) is 54.7 Å². The first kappa shape index (κ1) is 14.5. The number of aromatic nitrogens is 1. The molecule has 24 heavy (non-hydrogen) atoms. The van der Waals surface area contributed by atoms with Gasteiger partial charge in [-0.1, -0.05) is 30.3 Å². The summed E-state index contributed by atoms with van der Waals surface area (Å²) in [5.74, 6) is 0.752. The van der Waals surface area contributed by atoms with Crippen LogP contribution in [0, 0.1) is 0 Å². The second-order valence-corrected chi connectivity index (χ2v) is 5.87. The Hall–Kier alpha value is -3.08. The van der Waals surface area contributed by atoms with E-state index >= 15 is 0 Å². The van der Waals surface area contributed by atoms with Crippen LogP contribution in [0.3, 0.4) is 0 Å². The zero-order valence-electron chi connectivity index (χ0n) is 12.9. The van der Waals surface area contributed by atoms with Crippen LogP contribution >= 0.6 is 0 Å². The first-order valence-corrected chi connectivity index (χ1v) is 7.79. The number of para-hydroxylation sites is 1. The molecule has 3 aromatic rings. The van der Waals surface area contributed by atoms with Crippen molar-refractivity contribution in [2.24, 2.45) is 0 Å². The minimum atomic E-state index is -0.894. The van der Waals surface area contributed by atoms with Gasteiger partial charge in [0.05, 0.1) is 18.6 Å². The molecule has 0 saturated carbocycles. The van der Waals surface area contributed by atoms with E-state index in [4.69, 9.17) is 9.84 Å². The Labute approximate surface area is 139 Å². The summed E-state index contributed by atoms with van der Waals surface area (Å²) in [5, 5.41) is 9.93. The third-order valence-electron chi connectivity index (χ3n) is 4.20. The van der Waals surface area contributed by atoms with E-state index in [1.54, 1.807) is 0 Å². The number of carbonyl (C=O) groups is 1. The summed E-state index contributed by atoms with van der Waals surface area (Å²) in [6.45, 7) is 0.845. The molecule has 5 nitrogen and oxygen atoms in total. The summed E-state index contributed by atoms with van der Waals surface area (Å²) in [6, 6.07) is 18.0. The van der Waals surface area contributed by atoms with E-state index in [9.17, 15) is 4.79 Å². The van der Waals surface area contributed by atoms with Crippen molar-refractivity contribution < 1.29 is 14.6 Å². The van der Waals surface area contributed by atoms with Crippen molar-refractivity contribution in [1.82, 2.24) is 9.88 Å². The Bertz CT molecular complexity index is 887. The van der Waals surface area contributed by atoms with Crippen LogP contribution in [0.5, 0.6) is 5.75 Å². The quantitative estimate of drug-likeness (QED) is 0.800. The largest absolute Gasteiger partial charge is 0.487 e. The fourth-order valence-electron chi connectivity index (χ4n) is 2.82. The average molecular weight is 320 g/mol. The van der Waals surface area contributed by atoms with Crippen molar-refractivity contribution in [3.05, 3.63) is 60.8 Å². The Morgan fingerprint density at radius 2 is 1.83 bits per heavy atom. The maximum atomic E-state index is 10.7. The fraction of sp³-hybridized carbons (Fsp3) is 0.158. The molecule has 120 valence electrons. The summed E-state index contributed by atoms with van der Waals surface area (Å²) in [4.78, 5) is 16.6. The predicted molar refractivity (Wildman–Crippen MR) is 91.2 cm³/mol. The van der Waals surface area contributed by atoms with Gasteiger partial charge in [-0.15, -0.1) is 0 Å². The highest BCUT2D eigenvalue weighted by Gasteiger charge is 2.31. The van der Waals surface area contributed by atoms with Gasteiger partial charge in [0.15, 0.2) is 0 Å². The summed E-state index contributed by atoms with van der Waals surface area (Å²) >= 11 is 0. The number of fused-ring (bicyclic) bond motifs is 1. The zero-order valence-corrected chi connectivity index (χ0v) is 12.9. The van der Waals surface area contributed by atoms with Crippen LogP contribution in [0.15, 0.2) is 60.8 Å². The molecule has 0 radical (unpaired) electrons. The molecule has 1 fully saturated rings. The SMILES string of the molecule is O=C(O)N1CC(Oc2ccc(-c3cnc4ccccc4c3)cc2)C1. The number of amides is 1. The Morgan fingerprint density at radius 1 is 1.08 bits per heavy atom. The monoisotopic (exact) mass is 320 g/mol. The molecule has 1 aliphatic rings. The fourth-order valence-corrected chi connectivity index (χ4v) is 2.82. The van der Waals surface area contributed by atoms with Gasteiger partial charge in [0.25, 0.3) is 0 Å². The molecule has 1 N–H and O–H groups in total. The van der Waals surface area contributed by atoms with Gasteiger partial charge in [-0.2, -0.15) is 0 Å². The second kappa shape index (κ2) is 5.85. The van der Waals surface area contributed by atoms with Gasteiger partial charge in [0.1, 0.15) is 11.9 Å². The molecule has 1 aliphatic heterocycles. The van der Waals surface area contributed by atoms with E-state index in [2.05, 4.69) is 11.1 Å². The van der Waals surface area contributed by atoms with E-state index in [1.165, 1.54) is 4.90 Å². The Kier molecular flexibility index (Phi) is 3.54. The summed E-state index contributed by atoms with van der Waals surface area (Å²) < 4.78 is 5.77. The lowest BCUT2D eigenvalue weighted by Gasteiger charge is -2.36. The predicted octanol–water partition coefficient (Wildman–Crippen LogP) is 3.64. The summed E-state index contributed by atoms with van der Waals surface area (Å²) in [6.07, 6.45) is 0.915. The lowest BCUT2D eigenvalue weighted by molar-refractivity contribution is 0.0252. The van der Waals surface area contributed by atoms with E-state index in [0.717, 1.165) is 27.8 Å². The van der Waals surface area contributed by atoms with Crippen LogP contribution in [-0.2, 0) is 0 Å². The Morgan fingerprint density at radius 3 is 2.58 bits per heavy atom. The van der Waals surface area contributed by atoms with Crippen LogP contribution in [0.2, 0.25) is 0 Å². The average Bonchev–Trinajstić information content (AvgIpc) is 2.57. The molecule has 5 heteroatoms. The summed E-state index contributed by atoms with van der Waals surface area (Å²) in [7, 11) is 0. The highest BCUT2D eigenvalue weighted by molar-refractivity contribution is 5.83. The smallest absolute Gasteiger partial charge is 0.407 e. The zero-order chi connectivity index (χ0) is 16.5. The van der Waals surface area contributed by atoms with E-state index in [0.29, 0.717) is 13.1 Å². The van der Waals surface area contributed by atoms with Crippen LogP contribution < -0.4 is 4.74 Å². The topological polar surface area (TPSA) is 62.7 Å². The lowest BCUT2D eigenvalue weighted by atomic mass is 10.1. The standard InChI is InChI=1S/C19H16N2O3/c22-19(23)21-11-17(12-21)24-16-7-5-13(6-8-16)15-9-14-3-1-2-4-18(14)20-10-15/h1-10,17H,11-12H2,(H,22,23). The number of hydrogen-bond donors (Lipinski definition) is 1. The first-order chi connectivity index (χ1) is 11.7. The minimum Gasteiger partial charge on any atom is -0.487 e. The number of benzene rings is 2. The number of rotatable bonds is 3. The molecule has 0 spiro atoms. The van der Waals surface area contributed by atoms with Gasteiger partial charge in [-0.3, -0.25) is 4.98 Å². The minimum absolute atomic E-state index is 0.0608. The van der Waals surface area contributed by atoms with E-state index < -0.39 is 6.09 Å². The van der Waals surface area contributed by atoms with Crippen LogP contribution in [0.1, 0.15) is 0 Å². The van der Waals surface area contributed by atoms with Crippen molar-refractivity contribution in [3.8, 4) is 16.9 Å². The number of hydrogen-bond acceptors (Lipinski definition) is 3. The highest BCUT2D eigenvalue weighted by atomic mass is 16.5.